The number of rotatable bonds is 3. The van der Waals surface area contributed by atoms with Crippen molar-refractivity contribution in [3.63, 3.8) is 0 Å². The first-order chi connectivity index (χ1) is 8.93. The summed E-state index contributed by atoms with van der Waals surface area (Å²) in [7, 11) is 1.76. The highest BCUT2D eigenvalue weighted by atomic mass is 16.7. The van der Waals surface area contributed by atoms with E-state index >= 15 is 0 Å². The zero-order valence-corrected chi connectivity index (χ0v) is 11.6. The predicted molar refractivity (Wildman–Crippen MR) is 72.8 cm³/mol. The third kappa shape index (κ3) is 2.41. The van der Waals surface area contributed by atoms with Gasteiger partial charge in [0.25, 0.3) is 0 Å². The van der Waals surface area contributed by atoms with Gasteiger partial charge in [-0.3, -0.25) is 4.57 Å². The normalized spacial score (nSPS) is 12.6. The molecule has 0 saturated heterocycles. The first-order valence-electron chi connectivity index (χ1n) is 6.31. The molecule has 5 heteroatoms. The van der Waals surface area contributed by atoms with Crippen molar-refractivity contribution in [3.05, 3.63) is 23.3 Å². The maximum Gasteiger partial charge on any atom is 0.513 e. The maximum absolute atomic E-state index is 10.7. The number of aromatic nitrogens is 2. The van der Waals surface area contributed by atoms with Gasteiger partial charge in [-0.15, -0.1) is 0 Å². The van der Waals surface area contributed by atoms with Crippen LogP contribution in [0, 0.1) is 6.92 Å². The van der Waals surface area contributed by atoms with Crippen LogP contribution in [0.25, 0.3) is 11.0 Å². The molecular weight excluding hydrogens is 244 g/mol. The molecule has 102 valence electrons. The fourth-order valence-electron chi connectivity index (χ4n) is 2.20. The SMILES string of the molecule is CCC(C)c1cc(C)cc2c1nc(OC(=O)O)n2C. The Balaban J connectivity index is 2.67. The highest BCUT2D eigenvalue weighted by Crippen LogP contribution is 2.30. The Morgan fingerprint density at radius 3 is 2.79 bits per heavy atom. The van der Waals surface area contributed by atoms with Crippen LogP contribution in [0.2, 0.25) is 0 Å². The molecule has 0 saturated carbocycles. The highest BCUT2D eigenvalue weighted by Gasteiger charge is 2.17. The van der Waals surface area contributed by atoms with E-state index in [4.69, 9.17) is 9.84 Å². The molecule has 1 aromatic carbocycles. The summed E-state index contributed by atoms with van der Waals surface area (Å²) in [4.78, 5) is 15.0. The summed E-state index contributed by atoms with van der Waals surface area (Å²) >= 11 is 0. The van der Waals surface area contributed by atoms with Crippen LogP contribution >= 0.6 is 0 Å². The number of carbonyl (C=O) groups is 1. The van der Waals surface area contributed by atoms with E-state index < -0.39 is 6.16 Å². The molecule has 0 spiro atoms. The van der Waals surface area contributed by atoms with Crippen LogP contribution in [-0.4, -0.2) is 20.8 Å². The second-order valence-corrected chi connectivity index (χ2v) is 4.85. The van der Waals surface area contributed by atoms with E-state index in [0.717, 1.165) is 28.6 Å². The van der Waals surface area contributed by atoms with Gasteiger partial charge in [0.1, 0.15) is 0 Å². The van der Waals surface area contributed by atoms with Gasteiger partial charge in [0, 0.05) is 7.05 Å². The van der Waals surface area contributed by atoms with E-state index in [0.29, 0.717) is 5.92 Å². The molecule has 2 aromatic rings. The minimum atomic E-state index is -1.35. The quantitative estimate of drug-likeness (QED) is 0.860. The summed E-state index contributed by atoms with van der Waals surface area (Å²) in [5, 5.41) is 8.72. The van der Waals surface area contributed by atoms with E-state index in [1.807, 2.05) is 13.0 Å². The summed E-state index contributed by atoms with van der Waals surface area (Å²) in [6.07, 6.45) is -0.343. The monoisotopic (exact) mass is 262 g/mol. The van der Waals surface area contributed by atoms with Crippen LogP contribution in [0.5, 0.6) is 6.01 Å². The van der Waals surface area contributed by atoms with Crippen LogP contribution in [-0.2, 0) is 7.05 Å². The molecule has 1 unspecified atom stereocenters. The first kappa shape index (κ1) is 13.4. The Bertz CT molecular complexity index is 631. The third-order valence-corrected chi connectivity index (χ3v) is 3.44. The van der Waals surface area contributed by atoms with Gasteiger partial charge in [-0.25, -0.2) is 4.79 Å². The largest absolute Gasteiger partial charge is 0.513 e. The predicted octanol–water partition coefficient (Wildman–Crippen LogP) is 3.45. The topological polar surface area (TPSA) is 64.3 Å². The Morgan fingerprint density at radius 2 is 2.21 bits per heavy atom. The summed E-state index contributed by atoms with van der Waals surface area (Å²) in [6.45, 7) is 6.28. The van der Waals surface area contributed by atoms with Crippen molar-refractivity contribution in [1.82, 2.24) is 9.55 Å². The number of ether oxygens (including phenoxy) is 1. The molecule has 0 aliphatic rings. The lowest BCUT2D eigenvalue weighted by molar-refractivity contribution is 0.139. The van der Waals surface area contributed by atoms with Gasteiger partial charge in [-0.05, 0) is 36.5 Å². The molecule has 2 rings (SSSR count). The fourth-order valence-corrected chi connectivity index (χ4v) is 2.20. The molecule has 5 nitrogen and oxygen atoms in total. The zero-order valence-electron chi connectivity index (χ0n) is 11.6. The van der Waals surface area contributed by atoms with Crippen molar-refractivity contribution in [3.8, 4) is 6.01 Å². The molecular formula is C14H18N2O3. The van der Waals surface area contributed by atoms with Gasteiger partial charge in [0.05, 0.1) is 11.0 Å². The lowest BCUT2D eigenvalue weighted by atomic mass is 9.95. The van der Waals surface area contributed by atoms with Gasteiger partial charge in [0.15, 0.2) is 0 Å². The minimum Gasteiger partial charge on any atom is -0.449 e. The van der Waals surface area contributed by atoms with E-state index in [1.165, 1.54) is 0 Å². The van der Waals surface area contributed by atoms with Crippen LogP contribution in [0.1, 0.15) is 37.3 Å². The van der Waals surface area contributed by atoms with Crippen LogP contribution < -0.4 is 4.74 Å². The number of aryl methyl sites for hydroxylation is 2. The molecule has 19 heavy (non-hydrogen) atoms. The summed E-state index contributed by atoms with van der Waals surface area (Å²) in [5.74, 6) is 0.370. The summed E-state index contributed by atoms with van der Waals surface area (Å²) < 4.78 is 6.38. The number of carboxylic acid groups (broad SMARTS) is 1. The average Bonchev–Trinajstić information content (AvgIpc) is 2.64. The van der Waals surface area contributed by atoms with Gasteiger partial charge in [-0.2, -0.15) is 4.98 Å². The highest BCUT2D eigenvalue weighted by molar-refractivity contribution is 5.82. The van der Waals surface area contributed by atoms with Crippen molar-refractivity contribution in [1.29, 1.82) is 0 Å². The maximum atomic E-state index is 10.7. The van der Waals surface area contributed by atoms with E-state index in [-0.39, 0.29) is 6.01 Å². The summed E-state index contributed by atoms with van der Waals surface area (Å²) in [6, 6.07) is 4.20. The molecule has 0 aliphatic carbocycles. The smallest absolute Gasteiger partial charge is 0.449 e. The number of fused-ring (bicyclic) bond motifs is 1. The molecule has 0 aliphatic heterocycles. The van der Waals surface area contributed by atoms with Crippen molar-refractivity contribution in [2.24, 2.45) is 7.05 Å². The Hall–Kier alpha value is -2.04. The van der Waals surface area contributed by atoms with Crippen molar-refractivity contribution >= 4 is 17.2 Å². The van der Waals surface area contributed by atoms with Gasteiger partial charge in [-0.1, -0.05) is 19.9 Å². The lowest BCUT2D eigenvalue weighted by Gasteiger charge is -2.11. The molecule has 1 aromatic heterocycles. The zero-order chi connectivity index (χ0) is 14.2. The molecule has 0 fully saturated rings. The molecule has 1 atom stereocenters. The average molecular weight is 262 g/mol. The van der Waals surface area contributed by atoms with E-state index in [1.54, 1.807) is 11.6 Å². The summed E-state index contributed by atoms with van der Waals surface area (Å²) in [5.41, 5.74) is 3.98. The van der Waals surface area contributed by atoms with Crippen LogP contribution in [0.15, 0.2) is 12.1 Å². The number of benzene rings is 1. The minimum absolute atomic E-state index is 0.109. The van der Waals surface area contributed by atoms with Gasteiger partial charge < -0.3 is 9.84 Å². The Kier molecular flexibility index (Phi) is 3.46. The molecule has 0 amide bonds. The third-order valence-electron chi connectivity index (χ3n) is 3.44. The van der Waals surface area contributed by atoms with Gasteiger partial charge in [0.2, 0.25) is 0 Å². The molecule has 1 heterocycles. The van der Waals surface area contributed by atoms with E-state index in [2.05, 4.69) is 24.9 Å². The van der Waals surface area contributed by atoms with E-state index in [9.17, 15) is 4.79 Å². The Morgan fingerprint density at radius 1 is 1.53 bits per heavy atom. The van der Waals surface area contributed by atoms with Crippen molar-refractivity contribution < 1.29 is 14.6 Å². The molecule has 0 bridgehead atoms. The van der Waals surface area contributed by atoms with Crippen LogP contribution in [0.3, 0.4) is 0 Å². The van der Waals surface area contributed by atoms with Crippen molar-refractivity contribution in [2.75, 3.05) is 0 Å². The Labute approximate surface area is 111 Å². The van der Waals surface area contributed by atoms with Crippen LogP contribution in [0.4, 0.5) is 4.79 Å². The number of hydrogen-bond donors (Lipinski definition) is 1. The second kappa shape index (κ2) is 4.91. The van der Waals surface area contributed by atoms with Gasteiger partial charge >= 0.3 is 12.2 Å². The first-order valence-corrected chi connectivity index (χ1v) is 6.31. The number of imidazole rings is 1. The standard InChI is InChI=1S/C14H18N2O3/c1-5-9(3)10-6-8(2)7-11-12(10)15-13(16(11)4)19-14(17)18/h6-7,9H,5H2,1-4H3,(H,17,18). The lowest BCUT2D eigenvalue weighted by Crippen LogP contribution is -2.07. The fraction of sp³-hybridized carbons (Fsp3) is 0.429. The molecule has 0 radical (unpaired) electrons. The van der Waals surface area contributed by atoms with Crippen molar-refractivity contribution in [2.45, 2.75) is 33.1 Å². The number of nitrogens with zero attached hydrogens (tertiary/aromatic N) is 2. The second-order valence-electron chi connectivity index (χ2n) is 4.85. The number of hydrogen-bond acceptors (Lipinski definition) is 3. The molecule has 1 N–H and O–H groups in total.